The second-order valence-electron chi connectivity index (χ2n) is 3.34. The van der Waals surface area contributed by atoms with Gasteiger partial charge in [-0.1, -0.05) is 0 Å². The first-order valence-electron chi connectivity index (χ1n) is 3.64. The summed E-state index contributed by atoms with van der Waals surface area (Å²) in [4.78, 5) is 21.5. The lowest BCUT2D eigenvalue weighted by atomic mass is 10.4. The molecule has 0 N–H and O–H groups in total. The van der Waals surface area contributed by atoms with Crippen LogP contribution in [0.4, 0.5) is 0 Å². The van der Waals surface area contributed by atoms with Crippen LogP contribution in [-0.2, 0) is 18.8 Å². The van der Waals surface area contributed by atoms with Crippen LogP contribution in [0.5, 0.6) is 0 Å². The number of rotatable bonds is 3. The van der Waals surface area contributed by atoms with E-state index in [9.17, 15) is 9.59 Å². The second-order valence-corrected chi connectivity index (χ2v) is 7.77. The molecule has 12 heavy (non-hydrogen) atoms. The molecule has 4 nitrogen and oxygen atoms in total. The van der Waals surface area contributed by atoms with E-state index in [-0.39, 0.29) is 6.42 Å². The van der Waals surface area contributed by atoms with Gasteiger partial charge in [0.05, 0.1) is 7.11 Å². The van der Waals surface area contributed by atoms with Crippen molar-refractivity contribution in [3.8, 4) is 0 Å². The van der Waals surface area contributed by atoms with Gasteiger partial charge >= 0.3 is 11.9 Å². The van der Waals surface area contributed by atoms with E-state index in [1.54, 1.807) is 0 Å². The molecule has 0 unspecified atom stereocenters. The molecule has 0 saturated heterocycles. The first-order valence-corrected chi connectivity index (χ1v) is 7.04. The third-order valence-corrected chi connectivity index (χ3v) is 1.78. The fourth-order valence-electron chi connectivity index (χ4n) is 0.568. The van der Waals surface area contributed by atoms with E-state index in [2.05, 4.69) is 4.74 Å². The van der Waals surface area contributed by atoms with Crippen molar-refractivity contribution >= 4 is 20.3 Å². The fourth-order valence-corrected chi connectivity index (χ4v) is 1.32. The van der Waals surface area contributed by atoms with Gasteiger partial charge in [0.2, 0.25) is 8.32 Å². The van der Waals surface area contributed by atoms with Crippen molar-refractivity contribution in [3.05, 3.63) is 0 Å². The number of carbonyl (C=O) groups is 2. The molecule has 0 rings (SSSR count). The van der Waals surface area contributed by atoms with Crippen LogP contribution in [0.15, 0.2) is 0 Å². The number of methoxy groups -OCH3 is 1. The van der Waals surface area contributed by atoms with Gasteiger partial charge in [0, 0.05) is 0 Å². The summed E-state index contributed by atoms with van der Waals surface area (Å²) in [5, 5.41) is 0. The van der Waals surface area contributed by atoms with Gasteiger partial charge in [-0.3, -0.25) is 9.59 Å². The first kappa shape index (κ1) is 11.2. The molecule has 0 aromatic heterocycles. The van der Waals surface area contributed by atoms with Crippen LogP contribution in [0.2, 0.25) is 19.6 Å². The van der Waals surface area contributed by atoms with Crippen LogP contribution in [0.3, 0.4) is 0 Å². The van der Waals surface area contributed by atoms with Crippen LogP contribution in [0, 0.1) is 0 Å². The molecule has 0 aromatic rings. The highest BCUT2D eigenvalue weighted by molar-refractivity contribution is 6.71. The van der Waals surface area contributed by atoms with Gasteiger partial charge in [-0.2, -0.15) is 0 Å². The molecule has 0 bridgehead atoms. The van der Waals surface area contributed by atoms with E-state index in [0.29, 0.717) is 0 Å². The maximum atomic E-state index is 10.9. The SMILES string of the molecule is COC(=O)CC(=O)O[Si](C)(C)C. The zero-order valence-corrected chi connectivity index (χ0v) is 8.84. The standard InChI is InChI=1S/C7H14O4Si/c1-10-6(8)5-7(9)11-12(2,3)4/h5H2,1-4H3. The Morgan fingerprint density at radius 3 is 2.00 bits per heavy atom. The Bertz CT molecular complexity index is 182. The Labute approximate surface area is 73.0 Å². The summed E-state index contributed by atoms with van der Waals surface area (Å²) in [6.07, 6.45) is -0.291. The monoisotopic (exact) mass is 190 g/mol. The third kappa shape index (κ3) is 5.91. The minimum atomic E-state index is -1.86. The second kappa shape index (κ2) is 4.25. The average Bonchev–Trinajstić information content (AvgIpc) is 1.82. The Morgan fingerprint density at radius 1 is 1.17 bits per heavy atom. The maximum absolute atomic E-state index is 10.9. The number of carbonyl (C=O) groups excluding carboxylic acids is 2. The minimum Gasteiger partial charge on any atom is -0.519 e. The molecule has 5 heteroatoms. The normalized spacial score (nSPS) is 10.7. The summed E-state index contributed by atoms with van der Waals surface area (Å²) in [7, 11) is -0.617. The minimum absolute atomic E-state index is 0.291. The summed E-state index contributed by atoms with van der Waals surface area (Å²) < 4.78 is 9.32. The van der Waals surface area contributed by atoms with Crippen molar-refractivity contribution in [2.24, 2.45) is 0 Å². The van der Waals surface area contributed by atoms with Crippen LogP contribution in [0.25, 0.3) is 0 Å². The van der Waals surface area contributed by atoms with Gasteiger partial charge in [0.25, 0.3) is 0 Å². The van der Waals surface area contributed by atoms with Gasteiger partial charge in [-0.15, -0.1) is 0 Å². The van der Waals surface area contributed by atoms with E-state index in [4.69, 9.17) is 4.43 Å². The van der Waals surface area contributed by atoms with Crippen LogP contribution < -0.4 is 0 Å². The largest absolute Gasteiger partial charge is 0.519 e. The molecule has 0 radical (unpaired) electrons. The Hall–Kier alpha value is -0.843. The van der Waals surface area contributed by atoms with Gasteiger partial charge in [-0.05, 0) is 19.6 Å². The maximum Gasteiger partial charge on any atom is 0.316 e. The molecule has 0 atom stereocenters. The molecular formula is C7H14O4Si. The van der Waals surface area contributed by atoms with Gasteiger partial charge < -0.3 is 9.16 Å². The van der Waals surface area contributed by atoms with Crippen LogP contribution in [-0.4, -0.2) is 27.4 Å². The van der Waals surface area contributed by atoms with Crippen molar-refractivity contribution in [3.63, 3.8) is 0 Å². The summed E-state index contributed by atoms with van der Waals surface area (Å²) in [5.41, 5.74) is 0. The lowest BCUT2D eigenvalue weighted by molar-refractivity contribution is -0.148. The molecule has 0 aromatic carbocycles. The van der Waals surface area contributed by atoms with E-state index < -0.39 is 20.3 Å². The predicted molar refractivity (Wildman–Crippen MR) is 46.1 cm³/mol. The summed E-state index contributed by atoms with van der Waals surface area (Å²) in [5.74, 6) is -1.06. The van der Waals surface area contributed by atoms with Gasteiger partial charge in [0.1, 0.15) is 6.42 Å². The van der Waals surface area contributed by atoms with Crippen molar-refractivity contribution in [1.82, 2.24) is 0 Å². The average molecular weight is 190 g/mol. The van der Waals surface area contributed by atoms with E-state index >= 15 is 0 Å². The topological polar surface area (TPSA) is 52.6 Å². The molecule has 0 spiro atoms. The van der Waals surface area contributed by atoms with Gasteiger partial charge in [0.15, 0.2) is 0 Å². The highest BCUT2D eigenvalue weighted by Gasteiger charge is 2.21. The molecule has 0 saturated carbocycles. The molecule has 0 fully saturated rings. The van der Waals surface area contributed by atoms with Crippen LogP contribution >= 0.6 is 0 Å². The van der Waals surface area contributed by atoms with Gasteiger partial charge in [-0.25, -0.2) is 0 Å². The lowest BCUT2D eigenvalue weighted by Gasteiger charge is -2.16. The van der Waals surface area contributed by atoms with E-state index in [0.717, 1.165) is 0 Å². The van der Waals surface area contributed by atoms with Crippen molar-refractivity contribution in [1.29, 1.82) is 0 Å². The molecular weight excluding hydrogens is 176 g/mol. The highest BCUT2D eigenvalue weighted by atomic mass is 28.4. The fraction of sp³-hybridized carbons (Fsp3) is 0.714. The quantitative estimate of drug-likeness (QED) is 0.377. The zero-order valence-electron chi connectivity index (χ0n) is 7.84. The number of ether oxygens (including phenoxy) is 1. The van der Waals surface area contributed by atoms with E-state index in [1.807, 2.05) is 19.6 Å². The highest BCUT2D eigenvalue weighted by Crippen LogP contribution is 2.04. The Balaban J connectivity index is 3.83. The molecule has 0 amide bonds. The molecule has 0 aliphatic rings. The summed E-state index contributed by atoms with van der Waals surface area (Å²) in [6.45, 7) is 5.63. The molecule has 0 aliphatic heterocycles. The van der Waals surface area contributed by atoms with Crippen molar-refractivity contribution < 1.29 is 18.8 Å². The molecule has 70 valence electrons. The summed E-state index contributed by atoms with van der Waals surface area (Å²) in [6, 6.07) is 0. The van der Waals surface area contributed by atoms with E-state index in [1.165, 1.54) is 7.11 Å². The summed E-state index contributed by atoms with van der Waals surface area (Å²) >= 11 is 0. The number of esters is 1. The number of hydrogen-bond donors (Lipinski definition) is 0. The zero-order chi connectivity index (χ0) is 9.78. The number of hydrogen-bond acceptors (Lipinski definition) is 4. The Kier molecular flexibility index (Phi) is 3.95. The Morgan fingerprint density at radius 2 is 1.67 bits per heavy atom. The first-order chi connectivity index (χ1) is 5.35. The van der Waals surface area contributed by atoms with Crippen molar-refractivity contribution in [2.75, 3.05) is 7.11 Å². The smallest absolute Gasteiger partial charge is 0.316 e. The predicted octanol–water partition coefficient (Wildman–Crippen LogP) is 0.928. The third-order valence-electron chi connectivity index (χ3n) is 0.936. The van der Waals surface area contributed by atoms with Crippen molar-refractivity contribution in [2.45, 2.75) is 26.1 Å². The van der Waals surface area contributed by atoms with Crippen LogP contribution in [0.1, 0.15) is 6.42 Å². The lowest BCUT2D eigenvalue weighted by Crippen LogP contribution is -2.30. The molecule has 0 aliphatic carbocycles. The molecule has 0 heterocycles.